The van der Waals surface area contributed by atoms with Gasteiger partial charge in [-0.3, -0.25) is 0 Å². The molecule has 3 rings (SSSR count). The average molecular weight is 358 g/mol. The fourth-order valence-electron chi connectivity index (χ4n) is 3.69. The lowest BCUT2D eigenvalue weighted by atomic mass is 9.98. The standard InChI is InChI=1S/C15H22N2O4S2/c1-10-3-5-12(22(2,18)19)7-15(10)23(20,21)17-8-11-4-6-14(16)13(11)9-17/h3,5,7,11,13-14H,4,6,8-9,16H2,1-2H3. The van der Waals surface area contributed by atoms with Crippen molar-refractivity contribution in [1.29, 1.82) is 0 Å². The molecule has 0 aromatic heterocycles. The van der Waals surface area contributed by atoms with Crippen LogP contribution in [0.1, 0.15) is 18.4 Å². The van der Waals surface area contributed by atoms with Gasteiger partial charge >= 0.3 is 0 Å². The summed E-state index contributed by atoms with van der Waals surface area (Å²) < 4.78 is 50.8. The van der Waals surface area contributed by atoms with E-state index in [1.54, 1.807) is 13.0 Å². The zero-order valence-corrected chi connectivity index (χ0v) is 14.9. The van der Waals surface area contributed by atoms with Crippen LogP contribution in [0.2, 0.25) is 0 Å². The Bertz CT molecular complexity index is 833. The maximum atomic E-state index is 13.0. The first-order chi connectivity index (χ1) is 10.6. The molecule has 2 aliphatic rings. The molecule has 0 spiro atoms. The first-order valence-electron chi connectivity index (χ1n) is 7.67. The lowest BCUT2D eigenvalue weighted by Gasteiger charge is -2.20. The third kappa shape index (κ3) is 2.93. The second-order valence-corrected chi connectivity index (χ2v) is 10.6. The molecule has 128 valence electrons. The Labute approximate surface area is 137 Å². The molecule has 23 heavy (non-hydrogen) atoms. The average Bonchev–Trinajstić information content (AvgIpc) is 3.01. The van der Waals surface area contributed by atoms with Gasteiger partial charge < -0.3 is 5.73 Å². The van der Waals surface area contributed by atoms with Crippen molar-refractivity contribution < 1.29 is 16.8 Å². The van der Waals surface area contributed by atoms with Crippen LogP contribution in [0.15, 0.2) is 28.0 Å². The van der Waals surface area contributed by atoms with E-state index in [0.29, 0.717) is 24.6 Å². The highest BCUT2D eigenvalue weighted by Gasteiger charge is 2.45. The van der Waals surface area contributed by atoms with Gasteiger partial charge in [0.2, 0.25) is 10.0 Å². The van der Waals surface area contributed by atoms with Gasteiger partial charge in [-0.1, -0.05) is 6.07 Å². The van der Waals surface area contributed by atoms with Gasteiger partial charge in [-0.25, -0.2) is 16.8 Å². The van der Waals surface area contributed by atoms with Crippen LogP contribution in [0, 0.1) is 18.8 Å². The van der Waals surface area contributed by atoms with E-state index in [2.05, 4.69) is 0 Å². The quantitative estimate of drug-likeness (QED) is 0.860. The van der Waals surface area contributed by atoms with E-state index in [1.165, 1.54) is 16.4 Å². The molecule has 3 unspecified atom stereocenters. The van der Waals surface area contributed by atoms with E-state index in [1.807, 2.05) is 0 Å². The zero-order valence-electron chi connectivity index (χ0n) is 13.3. The Morgan fingerprint density at radius 1 is 1.13 bits per heavy atom. The highest BCUT2D eigenvalue weighted by molar-refractivity contribution is 7.91. The number of sulfonamides is 1. The van der Waals surface area contributed by atoms with Gasteiger partial charge in [-0.2, -0.15) is 4.31 Å². The predicted octanol–water partition coefficient (Wildman–Crippen LogP) is 0.756. The second-order valence-electron chi connectivity index (χ2n) is 6.69. The van der Waals surface area contributed by atoms with Gasteiger partial charge in [0, 0.05) is 25.4 Å². The summed E-state index contributed by atoms with van der Waals surface area (Å²) in [6, 6.07) is 4.32. The van der Waals surface area contributed by atoms with Gasteiger partial charge in [0.1, 0.15) is 0 Å². The molecule has 2 fully saturated rings. The van der Waals surface area contributed by atoms with E-state index in [9.17, 15) is 16.8 Å². The fraction of sp³-hybridized carbons (Fsp3) is 0.600. The first kappa shape index (κ1) is 16.9. The van der Waals surface area contributed by atoms with Crippen molar-refractivity contribution in [2.24, 2.45) is 17.6 Å². The maximum Gasteiger partial charge on any atom is 0.243 e. The Morgan fingerprint density at radius 2 is 1.83 bits per heavy atom. The number of rotatable bonds is 3. The van der Waals surface area contributed by atoms with Crippen LogP contribution in [0.5, 0.6) is 0 Å². The van der Waals surface area contributed by atoms with Crippen LogP contribution in [-0.2, 0) is 19.9 Å². The molecule has 1 aliphatic heterocycles. The van der Waals surface area contributed by atoms with Crippen LogP contribution >= 0.6 is 0 Å². The second kappa shape index (κ2) is 5.54. The number of fused-ring (bicyclic) bond motifs is 1. The van der Waals surface area contributed by atoms with Crippen molar-refractivity contribution in [3.8, 4) is 0 Å². The normalized spacial score (nSPS) is 28.9. The van der Waals surface area contributed by atoms with Gasteiger partial charge in [-0.05, 0) is 49.3 Å². The Balaban J connectivity index is 1.98. The zero-order chi connectivity index (χ0) is 17.0. The molecule has 0 radical (unpaired) electrons. The largest absolute Gasteiger partial charge is 0.327 e. The third-order valence-corrected chi connectivity index (χ3v) is 8.17. The lowest BCUT2D eigenvalue weighted by Crippen LogP contribution is -2.33. The minimum absolute atomic E-state index is 0.0257. The van der Waals surface area contributed by atoms with E-state index in [4.69, 9.17) is 5.73 Å². The number of nitrogens with two attached hydrogens (primary N) is 1. The summed E-state index contributed by atoms with van der Waals surface area (Å²) in [5.41, 5.74) is 6.63. The molecule has 1 aromatic rings. The van der Waals surface area contributed by atoms with Crippen LogP contribution in [0.4, 0.5) is 0 Å². The number of aryl methyl sites for hydroxylation is 1. The summed E-state index contributed by atoms with van der Waals surface area (Å²) in [6.07, 6.45) is 2.99. The van der Waals surface area contributed by atoms with E-state index in [0.717, 1.165) is 19.1 Å². The molecule has 1 saturated carbocycles. The van der Waals surface area contributed by atoms with Crippen molar-refractivity contribution in [2.75, 3.05) is 19.3 Å². The minimum atomic E-state index is -3.70. The molecule has 3 atom stereocenters. The third-order valence-electron chi connectivity index (χ3n) is 5.08. The topological polar surface area (TPSA) is 97.5 Å². The highest BCUT2D eigenvalue weighted by Crippen LogP contribution is 2.39. The van der Waals surface area contributed by atoms with E-state index >= 15 is 0 Å². The molecular weight excluding hydrogens is 336 g/mol. The molecule has 1 heterocycles. The molecule has 0 amide bonds. The maximum absolute atomic E-state index is 13.0. The molecule has 2 N–H and O–H groups in total. The molecule has 1 aliphatic carbocycles. The Kier molecular flexibility index (Phi) is 4.07. The molecule has 1 aromatic carbocycles. The summed E-state index contributed by atoms with van der Waals surface area (Å²) >= 11 is 0. The molecular formula is C15H22N2O4S2. The Hall–Kier alpha value is -0.960. The van der Waals surface area contributed by atoms with Crippen molar-refractivity contribution in [2.45, 2.75) is 35.6 Å². The van der Waals surface area contributed by atoms with E-state index < -0.39 is 19.9 Å². The lowest BCUT2D eigenvalue weighted by molar-refractivity contribution is 0.426. The van der Waals surface area contributed by atoms with Crippen LogP contribution in [0.25, 0.3) is 0 Å². The monoisotopic (exact) mass is 358 g/mol. The van der Waals surface area contributed by atoms with Gasteiger partial charge in [0.05, 0.1) is 9.79 Å². The number of hydrogen-bond acceptors (Lipinski definition) is 5. The molecule has 1 saturated heterocycles. The number of sulfone groups is 1. The summed E-state index contributed by atoms with van der Waals surface area (Å²) in [5, 5.41) is 0. The Morgan fingerprint density at radius 3 is 2.43 bits per heavy atom. The van der Waals surface area contributed by atoms with Crippen LogP contribution in [0.3, 0.4) is 0 Å². The van der Waals surface area contributed by atoms with Crippen molar-refractivity contribution >= 4 is 19.9 Å². The van der Waals surface area contributed by atoms with Gasteiger partial charge in [0.15, 0.2) is 9.84 Å². The minimum Gasteiger partial charge on any atom is -0.327 e. The fourth-order valence-corrected chi connectivity index (χ4v) is 6.20. The van der Waals surface area contributed by atoms with E-state index in [-0.39, 0.29) is 21.8 Å². The van der Waals surface area contributed by atoms with Crippen molar-refractivity contribution in [3.63, 3.8) is 0 Å². The summed E-state index contributed by atoms with van der Waals surface area (Å²) in [4.78, 5) is 0.103. The first-order valence-corrected chi connectivity index (χ1v) is 11.0. The number of hydrogen-bond donors (Lipinski definition) is 1. The van der Waals surface area contributed by atoms with Crippen LogP contribution in [-0.4, -0.2) is 46.5 Å². The summed E-state index contributed by atoms with van der Waals surface area (Å²) in [7, 11) is -7.16. The number of benzene rings is 1. The highest BCUT2D eigenvalue weighted by atomic mass is 32.2. The molecule has 8 heteroatoms. The van der Waals surface area contributed by atoms with Crippen molar-refractivity contribution in [1.82, 2.24) is 4.31 Å². The predicted molar refractivity (Wildman–Crippen MR) is 87.2 cm³/mol. The summed E-state index contributed by atoms with van der Waals surface area (Å²) in [6.45, 7) is 2.58. The molecule has 6 nitrogen and oxygen atoms in total. The smallest absolute Gasteiger partial charge is 0.243 e. The van der Waals surface area contributed by atoms with Gasteiger partial charge in [-0.15, -0.1) is 0 Å². The van der Waals surface area contributed by atoms with Crippen LogP contribution < -0.4 is 5.73 Å². The number of nitrogens with zero attached hydrogens (tertiary/aromatic N) is 1. The van der Waals surface area contributed by atoms with Gasteiger partial charge in [0.25, 0.3) is 0 Å². The van der Waals surface area contributed by atoms with Crippen molar-refractivity contribution in [3.05, 3.63) is 23.8 Å². The molecule has 0 bridgehead atoms. The summed E-state index contributed by atoms with van der Waals surface area (Å²) in [5.74, 6) is 0.529. The SMILES string of the molecule is Cc1ccc(S(C)(=O)=O)cc1S(=O)(=O)N1CC2CCC(N)C2C1.